The summed E-state index contributed by atoms with van der Waals surface area (Å²) >= 11 is 0. The Balaban J connectivity index is 1.70. The lowest BCUT2D eigenvalue weighted by Gasteiger charge is -2.21. The number of pyridine rings is 2. The van der Waals surface area contributed by atoms with Gasteiger partial charge in [-0.1, -0.05) is 13.8 Å². The van der Waals surface area contributed by atoms with Crippen molar-refractivity contribution >= 4 is 16.8 Å². The molecule has 0 aliphatic rings. The molecule has 0 aliphatic carbocycles. The summed E-state index contributed by atoms with van der Waals surface area (Å²) in [6, 6.07) is 3.43. The number of rotatable bonds is 9. The molecule has 0 fully saturated rings. The molecule has 11 heteroatoms. The summed E-state index contributed by atoms with van der Waals surface area (Å²) in [5.41, 5.74) is 2.04. The minimum absolute atomic E-state index is 0.0440. The van der Waals surface area contributed by atoms with Crippen LogP contribution in [0.1, 0.15) is 30.7 Å². The number of aliphatic hydroxyl groups is 1. The van der Waals surface area contributed by atoms with E-state index in [2.05, 4.69) is 20.4 Å². The Bertz CT molecular complexity index is 1130. The van der Waals surface area contributed by atoms with Crippen LogP contribution in [0, 0.1) is 12.3 Å². The highest BCUT2D eigenvalue weighted by molar-refractivity contribution is 5.86. The SMILES string of the molecule is Cc1cc(Cn2cc3c(CC(=O)NCC(C)(C)CO)nccc3n2)cnc1OCC(F)(F)F. The topological polar surface area (TPSA) is 102 Å². The van der Waals surface area contributed by atoms with E-state index in [1.54, 1.807) is 36.1 Å². The summed E-state index contributed by atoms with van der Waals surface area (Å²) < 4.78 is 43.5. The van der Waals surface area contributed by atoms with Crippen LogP contribution < -0.4 is 10.1 Å². The lowest BCUT2D eigenvalue weighted by Crippen LogP contribution is -2.36. The first-order valence-electron chi connectivity index (χ1n) is 10.3. The predicted molar refractivity (Wildman–Crippen MR) is 115 cm³/mol. The van der Waals surface area contributed by atoms with E-state index < -0.39 is 18.2 Å². The summed E-state index contributed by atoms with van der Waals surface area (Å²) in [7, 11) is 0. The van der Waals surface area contributed by atoms with E-state index >= 15 is 0 Å². The van der Waals surface area contributed by atoms with Crippen molar-refractivity contribution in [2.24, 2.45) is 5.41 Å². The number of amides is 1. The summed E-state index contributed by atoms with van der Waals surface area (Å²) in [4.78, 5) is 20.7. The fourth-order valence-electron chi connectivity index (χ4n) is 3.07. The molecule has 178 valence electrons. The number of hydrogen-bond acceptors (Lipinski definition) is 6. The van der Waals surface area contributed by atoms with Gasteiger partial charge in [0.1, 0.15) is 0 Å². The molecule has 3 aromatic rings. The molecule has 8 nitrogen and oxygen atoms in total. The molecule has 3 heterocycles. The van der Waals surface area contributed by atoms with E-state index in [1.807, 2.05) is 13.8 Å². The number of aryl methyl sites for hydroxylation is 1. The number of aliphatic hydroxyl groups excluding tert-OH is 1. The first-order chi connectivity index (χ1) is 15.5. The Morgan fingerprint density at radius 1 is 1.27 bits per heavy atom. The molecule has 3 rings (SSSR count). The van der Waals surface area contributed by atoms with Gasteiger partial charge in [0, 0.05) is 48.1 Å². The van der Waals surface area contributed by atoms with Gasteiger partial charge in [0.15, 0.2) is 6.61 Å². The number of alkyl halides is 3. The maximum atomic E-state index is 12.4. The maximum Gasteiger partial charge on any atom is 0.422 e. The normalized spacial score (nSPS) is 12.2. The van der Waals surface area contributed by atoms with E-state index in [0.717, 1.165) is 10.9 Å². The first-order valence-corrected chi connectivity index (χ1v) is 10.3. The third kappa shape index (κ3) is 6.88. The third-order valence-corrected chi connectivity index (χ3v) is 4.89. The molecule has 0 aliphatic heterocycles. The van der Waals surface area contributed by atoms with E-state index in [0.29, 0.717) is 29.9 Å². The second-order valence-corrected chi connectivity index (χ2v) is 8.66. The number of carbonyl (C=O) groups is 1. The fraction of sp³-hybridized carbons (Fsp3) is 0.455. The first kappa shape index (κ1) is 24.4. The smallest absolute Gasteiger partial charge is 0.422 e. The number of nitrogens with zero attached hydrogens (tertiary/aromatic N) is 4. The quantitative estimate of drug-likeness (QED) is 0.504. The highest BCUT2D eigenvalue weighted by Gasteiger charge is 2.29. The Morgan fingerprint density at radius 2 is 2.03 bits per heavy atom. The number of carbonyl (C=O) groups excluding carboxylic acids is 1. The van der Waals surface area contributed by atoms with Crippen LogP contribution in [0.2, 0.25) is 0 Å². The van der Waals surface area contributed by atoms with E-state index in [4.69, 9.17) is 4.74 Å². The number of aromatic nitrogens is 4. The summed E-state index contributed by atoms with van der Waals surface area (Å²) in [6.45, 7) is 4.55. The molecule has 2 N–H and O–H groups in total. The van der Waals surface area contributed by atoms with Gasteiger partial charge < -0.3 is 15.2 Å². The zero-order chi connectivity index (χ0) is 24.2. The third-order valence-electron chi connectivity index (χ3n) is 4.89. The monoisotopic (exact) mass is 465 g/mol. The van der Waals surface area contributed by atoms with Gasteiger partial charge in [0.05, 0.1) is 24.2 Å². The largest absolute Gasteiger partial charge is 0.468 e. The van der Waals surface area contributed by atoms with E-state index in [1.165, 1.54) is 6.20 Å². The number of hydrogen-bond donors (Lipinski definition) is 2. The Kier molecular flexibility index (Phi) is 7.21. The molecule has 0 saturated carbocycles. The van der Waals surface area contributed by atoms with Crippen LogP contribution in [-0.2, 0) is 17.8 Å². The molecule has 0 unspecified atom stereocenters. The highest BCUT2D eigenvalue weighted by Crippen LogP contribution is 2.22. The van der Waals surface area contributed by atoms with Crippen LogP contribution in [0.3, 0.4) is 0 Å². The van der Waals surface area contributed by atoms with Gasteiger partial charge in [-0.2, -0.15) is 18.3 Å². The molecule has 3 aromatic heterocycles. The van der Waals surface area contributed by atoms with Crippen LogP contribution in [0.5, 0.6) is 5.88 Å². The summed E-state index contributed by atoms with van der Waals surface area (Å²) in [5.74, 6) is -0.276. The van der Waals surface area contributed by atoms with Gasteiger partial charge in [-0.15, -0.1) is 0 Å². The lowest BCUT2D eigenvalue weighted by molar-refractivity contribution is -0.154. The summed E-state index contributed by atoms with van der Waals surface area (Å²) in [6.07, 6.45) is 0.432. The maximum absolute atomic E-state index is 12.4. The number of nitrogens with one attached hydrogen (secondary N) is 1. The van der Waals surface area contributed by atoms with Crippen molar-refractivity contribution in [1.29, 1.82) is 0 Å². The molecule has 33 heavy (non-hydrogen) atoms. The zero-order valence-corrected chi connectivity index (χ0v) is 18.6. The predicted octanol–water partition coefficient (Wildman–Crippen LogP) is 2.80. The molecule has 0 bridgehead atoms. The molecule has 0 atom stereocenters. The molecule has 1 amide bonds. The van der Waals surface area contributed by atoms with Gasteiger partial charge in [-0.25, -0.2) is 4.98 Å². The number of ether oxygens (including phenoxy) is 1. The van der Waals surface area contributed by atoms with E-state index in [-0.39, 0.29) is 24.8 Å². The molecular weight excluding hydrogens is 439 g/mol. The number of halogens is 3. The van der Waals surface area contributed by atoms with Crippen molar-refractivity contribution in [2.45, 2.75) is 39.9 Å². The van der Waals surface area contributed by atoms with Gasteiger partial charge in [-0.3, -0.25) is 14.5 Å². The second-order valence-electron chi connectivity index (χ2n) is 8.66. The Morgan fingerprint density at radius 3 is 2.70 bits per heavy atom. The van der Waals surface area contributed by atoms with Crippen molar-refractivity contribution in [1.82, 2.24) is 25.1 Å². The average molecular weight is 465 g/mol. The Labute approximate surface area is 188 Å². The highest BCUT2D eigenvalue weighted by atomic mass is 19.4. The van der Waals surface area contributed by atoms with Gasteiger partial charge in [-0.05, 0) is 24.6 Å². The Hall–Kier alpha value is -3.21. The van der Waals surface area contributed by atoms with Crippen LogP contribution in [0.15, 0.2) is 30.7 Å². The molecule has 0 saturated heterocycles. The van der Waals surface area contributed by atoms with E-state index in [9.17, 15) is 23.1 Å². The zero-order valence-electron chi connectivity index (χ0n) is 18.6. The van der Waals surface area contributed by atoms with Crippen LogP contribution in [-0.4, -0.2) is 56.7 Å². The minimum atomic E-state index is -4.43. The minimum Gasteiger partial charge on any atom is -0.468 e. The number of fused-ring (bicyclic) bond motifs is 1. The van der Waals surface area contributed by atoms with Crippen molar-refractivity contribution < 1.29 is 27.8 Å². The molecular formula is C22H26F3N5O3. The van der Waals surface area contributed by atoms with Gasteiger partial charge in [0.25, 0.3) is 0 Å². The summed E-state index contributed by atoms with van der Waals surface area (Å²) in [5, 5.41) is 17.4. The lowest BCUT2D eigenvalue weighted by atomic mass is 9.95. The second kappa shape index (κ2) is 9.74. The molecule has 0 spiro atoms. The van der Waals surface area contributed by atoms with Crippen molar-refractivity contribution in [3.8, 4) is 5.88 Å². The molecule has 0 radical (unpaired) electrons. The van der Waals surface area contributed by atoms with Crippen molar-refractivity contribution in [3.05, 3.63) is 47.5 Å². The fourth-order valence-corrected chi connectivity index (χ4v) is 3.07. The van der Waals surface area contributed by atoms with Crippen LogP contribution in [0.4, 0.5) is 13.2 Å². The van der Waals surface area contributed by atoms with Crippen LogP contribution in [0.25, 0.3) is 10.9 Å². The van der Waals surface area contributed by atoms with Crippen molar-refractivity contribution in [2.75, 3.05) is 19.8 Å². The van der Waals surface area contributed by atoms with Gasteiger partial charge >= 0.3 is 6.18 Å². The van der Waals surface area contributed by atoms with Gasteiger partial charge in [0.2, 0.25) is 11.8 Å². The van der Waals surface area contributed by atoms with Crippen molar-refractivity contribution in [3.63, 3.8) is 0 Å². The molecule has 0 aromatic carbocycles. The average Bonchev–Trinajstić information content (AvgIpc) is 3.14. The van der Waals surface area contributed by atoms with Crippen LogP contribution >= 0.6 is 0 Å². The standard InChI is InChI=1S/C22H26F3N5O3/c1-14-6-15(8-27-20(14)33-13-22(23,24)25)9-30-10-16-17(29-30)4-5-26-18(16)7-19(32)28-11-21(2,3)12-31/h4-6,8,10,31H,7,9,11-13H2,1-3H3,(H,28,32).